The fourth-order valence-corrected chi connectivity index (χ4v) is 2.15. The molecule has 0 radical (unpaired) electrons. The maximum atomic E-state index is 11.3. The Bertz CT molecular complexity index is 619. The van der Waals surface area contributed by atoms with E-state index in [1.54, 1.807) is 24.7 Å². The highest BCUT2D eigenvalue weighted by molar-refractivity contribution is 5.84. The molecule has 0 atom stereocenters. The number of carboxylic acids is 1. The molecule has 0 saturated heterocycles. The van der Waals surface area contributed by atoms with E-state index >= 15 is 0 Å². The molecule has 2 heterocycles. The molecule has 7 nitrogen and oxygen atoms in total. The van der Waals surface area contributed by atoms with Gasteiger partial charge in [-0.15, -0.1) is 5.10 Å². The topological polar surface area (TPSA) is 88.8 Å². The third-order valence-corrected chi connectivity index (χ3v) is 3.51. The fourth-order valence-electron chi connectivity index (χ4n) is 2.15. The van der Waals surface area contributed by atoms with Gasteiger partial charge >= 0.3 is 5.97 Å². The van der Waals surface area contributed by atoms with Gasteiger partial charge in [0.2, 0.25) is 0 Å². The average molecular weight is 262 g/mol. The number of nitrogens with one attached hydrogen (secondary N) is 1. The molecule has 100 valence electrons. The van der Waals surface area contributed by atoms with Gasteiger partial charge in [-0.1, -0.05) is 0 Å². The lowest BCUT2D eigenvalue weighted by Crippen LogP contribution is -2.21. The Kier molecular flexibility index (Phi) is 2.38. The maximum absolute atomic E-state index is 11.3. The number of methoxy groups -OCH3 is 1. The van der Waals surface area contributed by atoms with Crippen molar-refractivity contribution in [3.05, 3.63) is 18.0 Å². The maximum Gasteiger partial charge on any atom is 0.317 e. The number of fused-ring (bicyclic) bond motifs is 1. The van der Waals surface area contributed by atoms with Crippen molar-refractivity contribution >= 4 is 17.4 Å². The normalized spacial score (nSPS) is 16.3. The van der Waals surface area contributed by atoms with Crippen molar-refractivity contribution in [2.75, 3.05) is 19.5 Å². The molecule has 3 rings (SSSR count). The van der Waals surface area contributed by atoms with Crippen molar-refractivity contribution in [2.24, 2.45) is 0 Å². The lowest BCUT2D eigenvalue weighted by molar-refractivity contribution is -0.140. The van der Waals surface area contributed by atoms with Gasteiger partial charge in [-0.3, -0.25) is 4.79 Å². The van der Waals surface area contributed by atoms with Crippen molar-refractivity contribution in [1.29, 1.82) is 0 Å². The molecule has 0 aromatic carbocycles. The first-order valence-corrected chi connectivity index (χ1v) is 5.98. The molecule has 0 amide bonds. The van der Waals surface area contributed by atoms with E-state index in [1.165, 1.54) is 0 Å². The van der Waals surface area contributed by atoms with Crippen LogP contribution in [0.3, 0.4) is 0 Å². The smallest absolute Gasteiger partial charge is 0.317 e. The number of nitrogens with zero attached hydrogens (tertiary/aromatic N) is 3. The highest BCUT2D eigenvalue weighted by Gasteiger charge is 2.55. The van der Waals surface area contributed by atoms with Gasteiger partial charge < -0.3 is 15.2 Å². The minimum absolute atomic E-state index is 0.348. The Morgan fingerprint density at radius 3 is 2.79 bits per heavy atom. The molecule has 0 aliphatic heterocycles. The summed E-state index contributed by atoms with van der Waals surface area (Å²) in [4.78, 5) is 15.7. The number of ether oxygens (including phenoxy) is 1. The summed E-state index contributed by atoms with van der Waals surface area (Å²) in [6.07, 6.45) is 1.16. The largest absolute Gasteiger partial charge is 0.493 e. The van der Waals surface area contributed by atoms with E-state index in [0.717, 1.165) is 5.82 Å². The summed E-state index contributed by atoms with van der Waals surface area (Å²) in [6, 6.07) is 3.59. The summed E-state index contributed by atoms with van der Waals surface area (Å²) in [5, 5.41) is 16.6. The quantitative estimate of drug-likeness (QED) is 0.850. The van der Waals surface area contributed by atoms with Crippen LogP contribution in [0.4, 0.5) is 5.82 Å². The Hall–Kier alpha value is -2.31. The summed E-state index contributed by atoms with van der Waals surface area (Å²) in [7, 11) is 3.32. The average Bonchev–Trinajstić information content (AvgIpc) is 3.11. The molecule has 19 heavy (non-hydrogen) atoms. The molecular weight excluding hydrogens is 248 g/mol. The van der Waals surface area contributed by atoms with Crippen LogP contribution in [0.25, 0.3) is 5.65 Å². The van der Waals surface area contributed by atoms with Crippen molar-refractivity contribution in [1.82, 2.24) is 14.6 Å². The zero-order valence-electron chi connectivity index (χ0n) is 10.7. The van der Waals surface area contributed by atoms with E-state index in [4.69, 9.17) is 4.74 Å². The van der Waals surface area contributed by atoms with Gasteiger partial charge in [-0.2, -0.15) is 4.52 Å². The van der Waals surface area contributed by atoms with Gasteiger partial charge in [0, 0.05) is 7.05 Å². The summed E-state index contributed by atoms with van der Waals surface area (Å²) in [5.74, 6) is 0.782. The van der Waals surface area contributed by atoms with Crippen molar-refractivity contribution in [3.63, 3.8) is 0 Å². The van der Waals surface area contributed by atoms with Crippen LogP contribution in [0, 0.1) is 0 Å². The number of carbonyl (C=O) groups is 1. The van der Waals surface area contributed by atoms with E-state index in [-0.39, 0.29) is 0 Å². The first kappa shape index (κ1) is 11.8. The van der Waals surface area contributed by atoms with Crippen LogP contribution >= 0.6 is 0 Å². The fraction of sp³-hybridized carbons (Fsp3) is 0.417. The van der Waals surface area contributed by atoms with Gasteiger partial charge in [0.1, 0.15) is 11.2 Å². The molecule has 2 aromatic heterocycles. The SMILES string of the molecule is CNc1ccc(OC)c2nc(C3(C(=O)O)CC3)nn12. The Morgan fingerprint density at radius 2 is 2.26 bits per heavy atom. The van der Waals surface area contributed by atoms with E-state index in [1.807, 2.05) is 6.07 Å². The van der Waals surface area contributed by atoms with Crippen LogP contribution in [-0.4, -0.2) is 39.8 Å². The molecule has 1 saturated carbocycles. The van der Waals surface area contributed by atoms with Crippen LogP contribution in [0.2, 0.25) is 0 Å². The molecule has 1 fully saturated rings. The zero-order chi connectivity index (χ0) is 13.6. The minimum Gasteiger partial charge on any atom is -0.493 e. The van der Waals surface area contributed by atoms with Crippen LogP contribution in [0.15, 0.2) is 12.1 Å². The molecule has 7 heteroatoms. The second-order valence-electron chi connectivity index (χ2n) is 4.60. The number of hydrogen-bond donors (Lipinski definition) is 2. The number of carboxylic acid groups (broad SMARTS) is 1. The van der Waals surface area contributed by atoms with Gasteiger partial charge in [-0.05, 0) is 25.0 Å². The highest BCUT2D eigenvalue weighted by Crippen LogP contribution is 2.47. The van der Waals surface area contributed by atoms with Gasteiger partial charge in [0.15, 0.2) is 17.2 Å². The van der Waals surface area contributed by atoms with E-state index in [2.05, 4.69) is 15.4 Å². The first-order chi connectivity index (χ1) is 9.12. The van der Waals surface area contributed by atoms with E-state index in [0.29, 0.717) is 30.1 Å². The molecule has 2 aromatic rings. The van der Waals surface area contributed by atoms with Crippen LogP contribution < -0.4 is 10.1 Å². The molecular formula is C12H14N4O3. The molecule has 0 spiro atoms. The molecule has 1 aliphatic rings. The van der Waals surface area contributed by atoms with Crippen molar-refractivity contribution < 1.29 is 14.6 Å². The summed E-state index contributed by atoms with van der Waals surface area (Å²) in [6.45, 7) is 0. The van der Waals surface area contributed by atoms with E-state index < -0.39 is 11.4 Å². The van der Waals surface area contributed by atoms with Crippen LogP contribution in [0.5, 0.6) is 5.75 Å². The lowest BCUT2D eigenvalue weighted by Gasteiger charge is -2.05. The summed E-state index contributed by atoms with van der Waals surface area (Å²) in [5.41, 5.74) is -0.390. The predicted molar refractivity (Wildman–Crippen MR) is 67.6 cm³/mol. The summed E-state index contributed by atoms with van der Waals surface area (Å²) < 4.78 is 6.82. The van der Waals surface area contributed by atoms with E-state index in [9.17, 15) is 9.90 Å². The molecule has 1 aliphatic carbocycles. The standard InChI is InChI=1S/C12H14N4O3/c1-13-8-4-3-7(19-2)9-14-10(15-16(8)9)12(5-6-12)11(17)18/h3-4,13H,5-6H2,1-2H3,(H,17,18). The lowest BCUT2D eigenvalue weighted by atomic mass is 10.1. The molecule has 2 N–H and O–H groups in total. The van der Waals surface area contributed by atoms with Crippen LogP contribution in [0.1, 0.15) is 18.7 Å². The monoisotopic (exact) mass is 262 g/mol. The van der Waals surface area contributed by atoms with Crippen molar-refractivity contribution in [2.45, 2.75) is 18.3 Å². The third-order valence-electron chi connectivity index (χ3n) is 3.51. The Labute approximate surface area is 109 Å². The Morgan fingerprint density at radius 1 is 1.53 bits per heavy atom. The number of aromatic nitrogens is 3. The number of rotatable bonds is 4. The molecule has 0 bridgehead atoms. The van der Waals surface area contributed by atoms with Crippen LogP contribution in [-0.2, 0) is 10.2 Å². The Balaban J connectivity index is 2.22. The molecule has 0 unspecified atom stereocenters. The zero-order valence-corrected chi connectivity index (χ0v) is 10.7. The second kappa shape index (κ2) is 3.84. The second-order valence-corrected chi connectivity index (χ2v) is 4.60. The van der Waals surface area contributed by atoms with Crippen molar-refractivity contribution in [3.8, 4) is 5.75 Å². The number of anilines is 1. The third kappa shape index (κ3) is 1.54. The minimum atomic E-state index is -0.915. The van der Waals surface area contributed by atoms with Gasteiger partial charge in [-0.25, -0.2) is 4.98 Å². The number of aliphatic carboxylic acids is 1. The summed E-state index contributed by atoms with van der Waals surface area (Å²) >= 11 is 0. The number of hydrogen-bond acceptors (Lipinski definition) is 5. The first-order valence-electron chi connectivity index (χ1n) is 5.98. The predicted octanol–water partition coefficient (Wildman–Crippen LogP) is 0.896. The van der Waals surface area contributed by atoms with Gasteiger partial charge in [0.05, 0.1) is 7.11 Å². The van der Waals surface area contributed by atoms with Gasteiger partial charge in [0.25, 0.3) is 0 Å². The highest BCUT2D eigenvalue weighted by atomic mass is 16.5. The number of pyridine rings is 1.